The Morgan fingerprint density at radius 2 is 2.06 bits per heavy atom. The molecule has 0 unspecified atom stereocenters. The van der Waals surface area contributed by atoms with Gasteiger partial charge in [0.2, 0.25) is 0 Å². The van der Waals surface area contributed by atoms with Crippen molar-refractivity contribution < 1.29 is 14.3 Å². The van der Waals surface area contributed by atoms with E-state index >= 15 is 0 Å². The summed E-state index contributed by atoms with van der Waals surface area (Å²) in [5.74, 6) is 0.0931. The quantitative estimate of drug-likeness (QED) is 0.771. The molecule has 1 amide bonds. The highest BCUT2D eigenvalue weighted by Crippen LogP contribution is 2.23. The van der Waals surface area contributed by atoms with E-state index in [1.807, 2.05) is 6.92 Å². The minimum absolute atomic E-state index is 0.0910. The SMILES string of the molecule is CCN(C)C(=O)COc1ccc(Cl)cc1C(C)=O. The summed E-state index contributed by atoms with van der Waals surface area (Å²) in [6.07, 6.45) is 0. The molecule has 0 aliphatic heterocycles. The molecule has 0 spiro atoms. The fraction of sp³-hybridized carbons (Fsp3) is 0.385. The number of carbonyl (C=O) groups excluding carboxylic acids is 2. The molecule has 1 aromatic rings. The van der Waals surface area contributed by atoms with Gasteiger partial charge in [0.1, 0.15) is 5.75 Å². The van der Waals surface area contributed by atoms with Crippen molar-refractivity contribution in [2.45, 2.75) is 13.8 Å². The maximum absolute atomic E-state index is 11.6. The molecule has 0 radical (unpaired) electrons. The van der Waals surface area contributed by atoms with Gasteiger partial charge in [-0.05, 0) is 32.0 Å². The van der Waals surface area contributed by atoms with E-state index in [-0.39, 0.29) is 18.3 Å². The van der Waals surface area contributed by atoms with Crippen molar-refractivity contribution in [1.82, 2.24) is 4.90 Å². The van der Waals surface area contributed by atoms with Crippen LogP contribution in [0.25, 0.3) is 0 Å². The van der Waals surface area contributed by atoms with Gasteiger partial charge in [0.25, 0.3) is 5.91 Å². The number of likely N-dealkylation sites (N-methyl/N-ethyl adjacent to an activating group) is 1. The molecule has 4 nitrogen and oxygen atoms in total. The average Bonchev–Trinajstić information content (AvgIpc) is 2.35. The first kappa shape index (κ1) is 14.5. The number of hydrogen-bond acceptors (Lipinski definition) is 3. The van der Waals surface area contributed by atoms with Crippen LogP contribution >= 0.6 is 11.6 Å². The Kier molecular flexibility index (Phi) is 5.16. The maximum Gasteiger partial charge on any atom is 0.260 e. The molecule has 0 bridgehead atoms. The zero-order valence-corrected chi connectivity index (χ0v) is 11.5. The number of carbonyl (C=O) groups is 2. The van der Waals surface area contributed by atoms with Gasteiger partial charge in [-0.1, -0.05) is 11.6 Å². The van der Waals surface area contributed by atoms with E-state index in [2.05, 4.69) is 0 Å². The number of amides is 1. The Hall–Kier alpha value is -1.55. The molecule has 0 fully saturated rings. The highest BCUT2D eigenvalue weighted by molar-refractivity contribution is 6.31. The fourth-order valence-electron chi connectivity index (χ4n) is 1.33. The lowest BCUT2D eigenvalue weighted by Crippen LogP contribution is -2.31. The molecule has 0 aliphatic rings. The lowest BCUT2D eigenvalue weighted by molar-refractivity contribution is -0.131. The van der Waals surface area contributed by atoms with Crippen LogP contribution in [-0.4, -0.2) is 36.8 Å². The number of rotatable bonds is 5. The van der Waals surface area contributed by atoms with Crippen molar-refractivity contribution in [3.8, 4) is 5.75 Å². The van der Waals surface area contributed by atoms with Crippen molar-refractivity contribution >= 4 is 23.3 Å². The van der Waals surface area contributed by atoms with Gasteiger partial charge >= 0.3 is 0 Å². The van der Waals surface area contributed by atoms with Crippen LogP contribution in [0.15, 0.2) is 18.2 Å². The third-order valence-corrected chi connectivity index (χ3v) is 2.81. The van der Waals surface area contributed by atoms with E-state index < -0.39 is 0 Å². The van der Waals surface area contributed by atoms with Crippen molar-refractivity contribution in [3.63, 3.8) is 0 Å². The maximum atomic E-state index is 11.6. The van der Waals surface area contributed by atoms with Crippen LogP contribution in [0.1, 0.15) is 24.2 Å². The predicted molar refractivity (Wildman–Crippen MR) is 70.3 cm³/mol. The van der Waals surface area contributed by atoms with Crippen molar-refractivity contribution in [2.75, 3.05) is 20.2 Å². The van der Waals surface area contributed by atoms with Gasteiger partial charge in [0, 0.05) is 18.6 Å². The zero-order valence-electron chi connectivity index (χ0n) is 10.7. The Labute approximate surface area is 111 Å². The average molecular weight is 270 g/mol. The molecule has 1 rings (SSSR count). The lowest BCUT2D eigenvalue weighted by atomic mass is 10.1. The number of benzene rings is 1. The second kappa shape index (κ2) is 6.40. The van der Waals surface area contributed by atoms with Crippen molar-refractivity contribution in [3.05, 3.63) is 28.8 Å². The number of ketones is 1. The van der Waals surface area contributed by atoms with Gasteiger partial charge in [-0.25, -0.2) is 0 Å². The summed E-state index contributed by atoms with van der Waals surface area (Å²) in [5.41, 5.74) is 0.384. The van der Waals surface area contributed by atoms with Gasteiger partial charge in [-0.2, -0.15) is 0 Å². The van der Waals surface area contributed by atoms with Crippen LogP contribution in [0.5, 0.6) is 5.75 Å². The van der Waals surface area contributed by atoms with E-state index in [1.165, 1.54) is 13.0 Å². The molecule has 0 atom stereocenters. The summed E-state index contributed by atoms with van der Waals surface area (Å²) in [5, 5.41) is 0.463. The van der Waals surface area contributed by atoms with Gasteiger partial charge in [-0.15, -0.1) is 0 Å². The van der Waals surface area contributed by atoms with E-state index in [0.29, 0.717) is 22.9 Å². The lowest BCUT2D eigenvalue weighted by Gasteiger charge is -2.15. The molecule has 5 heteroatoms. The second-order valence-corrected chi connectivity index (χ2v) is 4.33. The fourth-order valence-corrected chi connectivity index (χ4v) is 1.50. The summed E-state index contributed by atoms with van der Waals surface area (Å²) in [6, 6.07) is 4.75. The number of Topliss-reactive ketones (excluding diaryl/α,β-unsaturated/α-hetero) is 1. The van der Waals surface area contributed by atoms with Crippen LogP contribution in [0.4, 0.5) is 0 Å². The first-order valence-corrected chi connectivity index (χ1v) is 6.00. The smallest absolute Gasteiger partial charge is 0.260 e. The third-order valence-electron chi connectivity index (χ3n) is 2.57. The van der Waals surface area contributed by atoms with Gasteiger partial charge < -0.3 is 9.64 Å². The number of hydrogen-bond donors (Lipinski definition) is 0. The molecule has 0 aromatic heterocycles. The minimum atomic E-state index is -0.149. The summed E-state index contributed by atoms with van der Waals surface area (Å²) < 4.78 is 5.37. The molecular formula is C13H16ClNO3. The van der Waals surface area contributed by atoms with E-state index in [1.54, 1.807) is 24.1 Å². The molecular weight excluding hydrogens is 254 g/mol. The van der Waals surface area contributed by atoms with Crippen LogP contribution in [0.2, 0.25) is 5.02 Å². The largest absolute Gasteiger partial charge is 0.483 e. The molecule has 18 heavy (non-hydrogen) atoms. The van der Waals surface area contributed by atoms with E-state index in [9.17, 15) is 9.59 Å². The van der Waals surface area contributed by atoms with Crippen molar-refractivity contribution in [2.24, 2.45) is 0 Å². The third kappa shape index (κ3) is 3.74. The van der Waals surface area contributed by atoms with Crippen LogP contribution in [0.3, 0.4) is 0 Å². The monoisotopic (exact) mass is 269 g/mol. The first-order valence-electron chi connectivity index (χ1n) is 5.63. The van der Waals surface area contributed by atoms with Gasteiger partial charge in [0.05, 0.1) is 5.56 Å². The van der Waals surface area contributed by atoms with Crippen LogP contribution < -0.4 is 4.74 Å². The molecule has 98 valence electrons. The second-order valence-electron chi connectivity index (χ2n) is 3.89. The predicted octanol–water partition coefficient (Wildman–Crippen LogP) is 2.40. The number of halogens is 1. The van der Waals surface area contributed by atoms with Gasteiger partial charge in [0.15, 0.2) is 12.4 Å². The Balaban J connectivity index is 2.79. The van der Waals surface area contributed by atoms with Crippen LogP contribution in [0, 0.1) is 0 Å². The normalized spacial score (nSPS) is 10.0. The van der Waals surface area contributed by atoms with Crippen molar-refractivity contribution in [1.29, 1.82) is 0 Å². The summed E-state index contributed by atoms with van der Waals surface area (Å²) in [6.45, 7) is 3.83. The van der Waals surface area contributed by atoms with Crippen LogP contribution in [-0.2, 0) is 4.79 Å². The molecule has 0 N–H and O–H groups in total. The molecule has 0 heterocycles. The molecule has 0 aliphatic carbocycles. The highest BCUT2D eigenvalue weighted by Gasteiger charge is 2.12. The highest BCUT2D eigenvalue weighted by atomic mass is 35.5. The topological polar surface area (TPSA) is 46.6 Å². The Bertz CT molecular complexity index is 460. The number of ether oxygens (including phenoxy) is 1. The minimum Gasteiger partial charge on any atom is -0.483 e. The molecule has 1 aromatic carbocycles. The zero-order chi connectivity index (χ0) is 13.7. The Morgan fingerprint density at radius 3 is 2.61 bits per heavy atom. The summed E-state index contributed by atoms with van der Waals surface area (Å²) in [4.78, 5) is 24.5. The molecule has 0 saturated heterocycles. The van der Waals surface area contributed by atoms with E-state index in [4.69, 9.17) is 16.3 Å². The summed E-state index contributed by atoms with van der Waals surface area (Å²) >= 11 is 5.81. The first-order chi connectivity index (χ1) is 8.45. The Morgan fingerprint density at radius 1 is 1.39 bits per heavy atom. The number of nitrogens with zero attached hydrogens (tertiary/aromatic N) is 1. The standard InChI is InChI=1S/C13H16ClNO3/c1-4-15(3)13(17)8-18-12-6-5-10(14)7-11(12)9(2)16/h5-7H,4,8H2,1-3H3. The molecule has 0 saturated carbocycles. The summed E-state index contributed by atoms with van der Waals surface area (Å²) in [7, 11) is 1.69. The van der Waals surface area contributed by atoms with E-state index in [0.717, 1.165) is 0 Å². The van der Waals surface area contributed by atoms with Gasteiger partial charge in [-0.3, -0.25) is 9.59 Å².